The molecule has 0 aliphatic carbocycles. The zero-order valence-electron chi connectivity index (χ0n) is 52.4. The van der Waals surface area contributed by atoms with E-state index in [2.05, 4.69) is 67.7 Å². The predicted molar refractivity (Wildman–Crippen MR) is 343 cm³/mol. The Morgan fingerprint density at radius 1 is 0.538 bits per heavy atom. The number of carbonyl (C=O) groups excluding carboxylic acids is 2. The second-order valence-corrected chi connectivity index (χ2v) is 35.5. The third kappa shape index (κ3) is 12.2. The lowest BCUT2D eigenvalue weighted by molar-refractivity contribution is -0.387. The van der Waals surface area contributed by atoms with Gasteiger partial charge in [0, 0.05) is 33.9 Å². The van der Waals surface area contributed by atoms with Crippen molar-refractivity contribution in [2.24, 2.45) is 0 Å². The zero-order chi connectivity index (χ0) is 64.1. The number of nitro groups is 1. The van der Waals surface area contributed by atoms with Crippen LogP contribution in [0.1, 0.15) is 102 Å². The highest BCUT2D eigenvalue weighted by atomic mass is 28.4. The lowest BCUT2D eigenvalue weighted by Gasteiger charge is -2.48. The van der Waals surface area contributed by atoms with E-state index in [4.69, 9.17) is 56.2 Å². The monoisotopic (exact) mass is 1260 g/mol. The summed E-state index contributed by atoms with van der Waals surface area (Å²) in [6.07, 6.45) is -8.06. The second-order valence-electron chi connectivity index (χ2n) is 26.1. The van der Waals surface area contributed by atoms with Gasteiger partial charge in [0.05, 0.1) is 34.8 Å². The van der Waals surface area contributed by atoms with Crippen molar-refractivity contribution in [1.29, 1.82) is 0 Å². The van der Waals surface area contributed by atoms with E-state index in [1.165, 1.54) is 12.1 Å². The molecule has 470 valence electrons. The molecule has 0 aromatic heterocycles. The quantitative estimate of drug-likeness (QED) is 0.0362. The maximum absolute atomic E-state index is 15.8. The fourth-order valence-corrected chi connectivity index (χ4v) is 12.9. The largest absolute Gasteiger partial charge is 0.541 e. The van der Waals surface area contributed by atoms with Gasteiger partial charge in [-0.1, -0.05) is 205 Å². The summed E-state index contributed by atoms with van der Waals surface area (Å²) in [6, 6.07) is 59.5. The normalized spacial score (nSPS) is 20.6. The molecular formula is C72H73NO16Si2. The predicted octanol–water partition coefficient (Wildman–Crippen LogP) is 15.5. The number of esters is 2. The zero-order valence-corrected chi connectivity index (χ0v) is 54.4. The SMILES string of the molecule is CC(C)(C)[Si](C)(C)Oc1cc(C(=O)O[C@@H]2[C@@H](OC(=O)c3cc4c(c(O[Si](C)(C)C(C)(C)C)c3)OC(c3ccccc3)(c3ccccc3)O4)[C@H](OCc3ccccc3[N+](=O)[O-])O[C@@H]3CO[C@@H](c4ccccc4)O[C@@H]23)cc2c1OC(c1ccccc1)(c1ccccc1)O2. The Kier molecular flexibility index (Phi) is 16.7. The van der Waals surface area contributed by atoms with Crippen molar-refractivity contribution in [1.82, 2.24) is 0 Å². The molecule has 0 spiro atoms. The molecule has 17 nitrogen and oxygen atoms in total. The summed E-state index contributed by atoms with van der Waals surface area (Å²) >= 11 is 0. The third-order valence-corrected chi connectivity index (χ3v) is 26.6. The number of nitrogens with zero attached hydrogens (tertiary/aromatic N) is 1. The van der Waals surface area contributed by atoms with Gasteiger partial charge in [0.25, 0.3) is 22.3 Å². The Hall–Kier alpha value is -8.83. The van der Waals surface area contributed by atoms with Gasteiger partial charge < -0.3 is 56.2 Å². The van der Waals surface area contributed by atoms with E-state index in [1.807, 2.05) is 152 Å². The minimum atomic E-state index is -2.74. The number of hydrogen-bond donors (Lipinski definition) is 0. The Morgan fingerprint density at radius 3 is 1.37 bits per heavy atom. The van der Waals surface area contributed by atoms with Gasteiger partial charge in [-0.25, -0.2) is 9.59 Å². The van der Waals surface area contributed by atoms with Gasteiger partial charge in [-0.3, -0.25) is 10.1 Å². The molecule has 91 heavy (non-hydrogen) atoms. The first-order chi connectivity index (χ1) is 43.4. The molecule has 2 fully saturated rings. The van der Waals surface area contributed by atoms with Crippen molar-refractivity contribution in [2.45, 2.75) is 133 Å². The number of hydrogen-bond acceptors (Lipinski definition) is 16. The summed E-state index contributed by atoms with van der Waals surface area (Å²) in [4.78, 5) is 43.4. The average molecular weight is 1260 g/mol. The Morgan fingerprint density at radius 2 is 0.945 bits per heavy atom. The second kappa shape index (κ2) is 24.4. The van der Waals surface area contributed by atoms with Gasteiger partial charge >= 0.3 is 23.5 Å². The van der Waals surface area contributed by atoms with Crippen molar-refractivity contribution >= 4 is 34.3 Å². The standard InChI is InChI=1S/C72H73NO16Si2/c1-69(2,3)90(7,8)88-57-42-48(40-55-60(57)86-71(84-55,50-31-18-12-19-32-50)51-33-20-13-21-34-51)65(74)81-63-62-59(45-79-67(83-62)46-28-16-11-17-29-46)80-68(78-44-47-30-26-27-39-54(47)73(76)77)64(63)82-66(75)49-41-56-61(58(43-49)89-91(9,10)70(4,5)6)87-72(85-56,52-35-22-14-23-36-52)53-37-24-15-25-38-53/h11-43,59,62-64,67-68H,44-45H2,1-10H3/t59-,62-,63+,64-,67-,68-/m1/s1. The maximum atomic E-state index is 15.8. The van der Waals surface area contributed by atoms with E-state index in [0.29, 0.717) is 27.8 Å². The van der Waals surface area contributed by atoms with Crippen molar-refractivity contribution in [3.63, 3.8) is 0 Å². The van der Waals surface area contributed by atoms with Crippen LogP contribution in [-0.2, 0) is 46.6 Å². The topological polar surface area (TPSA) is 188 Å². The summed E-state index contributed by atoms with van der Waals surface area (Å²) in [7, 11) is -5.47. The Bertz CT molecular complexity index is 3880. The van der Waals surface area contributed by atoms with Gasteiger partial charge in [-0.05, 0) is 66.6 Å². The number of benzene rings is 8. The van der Waals surface area contributed by atoms with E-state index in [1.54, 1.807) is 36.4 Å². The molecule has 4 aliphatic heterocycles. The molecular weight excluding hydrogens is 1190 g/mol. The molecule has 0 amide bonds. The van der Waals surface area contributed by atoms with Crippen LogP contribution in [0.4, 0.5) is 5.69 Å². The highest BCUT2D eigenvalue weighted by molar-refractivity contribution is 6.75. The molecule has 0 N–H and O–H groups in total. The van der Waals surface area contributed by atoms with E-state index in [9.17, 15) is 10.1 Å². The van der Waals surface area contributed by atoms with Crippen molar-refractivity contribution < 1.29 is 70.7 Å². The summed E-state index contributed by atoms with van der Waals surface area (Å²) in [5.41, 5.74) is 3.30. The lowest BCUT2D eigenvalue weighted by atomic mass is 9.96. The van der Waals surface area contributed by atoms with E-state index >= 15 is 9.59 Å². The van der Waals surface area contributed by atoms with Gasteiger partial charge in [0.1, 0.15) is 12.2 Å². The van der Waals surface area contributed by atoms with Crippen LogP contribution in [0.25, 0.3) is 0 Å². The van der Waals surface area contributed by atoms with Crippen LogP contribution in [-0.4, -0.2) is 70.8 Å². The number of nitro benzene ring substituents is 1. The molecule has 8 aromatic carbocycles. The van der Waals surface area contributed by atoms with Crippen LogP contribution in [0.15, 0.2) is 200 Å². The molecule has 6 atom stereocenters. The molecule has 2 saturated heterocycles. The molecule has 19 heteroatoms. The smallest absolute Gasteiger partial charge is 0.339 e. The molecule has 4 aliphatic rings. The first kappa shape index (κ1) is 62.4. The Balaban J connectivity index is 0.983. The number of carbonyl (C=O) groups is 2. The minimum Gasteiger partial charge on any atom is -0.541 e. The number of para-hydroxylation sites is 1. The summed E-state index contributed by atoms with van der Waals surface area (Å²) in [5, 5.41) is 11.8. The van der Waals surface area contributed by atoms with Crippen LogP contribution in [0.5, 0.6) is 34.5 Å². The van der Waals surface area contributed by atoms with Crippen molar-refractivity contribution in [2.75, 3.05) is 6.61 Å². The van der Waals surface area contributed by atoms with Crippen molar-refractivity contribution in [3.8, 4) is 34.5 Å². The number of ether oxygens (including phenoxy) is 10. The Labute approximate surface area is 531 Å². The first-order valence-corrected chi connectivity index (χ1v) is 36.2. The van der Waals surface area contributed by atoms with Gasteiger partial charge in [-0.2, -0.15) is 0 Å². The summed E-state index contributed by atoms with van der Waals surface area (Å²) in [5.74, 6) is -3.46. The number of fused-ring (bicyclic) bond motifs is 3. The van der Waals surface area contributed by atoms with Crippen LogP contribution in [0, 0.1) is 10.1 Å². The van der Waals surface area contributed by atoms with Crippen LogP contribution in [0.2, 0.25) is 36.3 Å². The third-order valence-electron chi connectivity index (χ3n) is 17.9. The van der Waals surface area contributed by atoms with E-state index in [0.717, 1.165) is 0 Å². The van der Waals surface area contributed by atoms with Gasteiger partial charge in [0.15, 0.2) is 47.8 Å². The molecule has 0 saturated carbocycles. The highest BCUT2D eigenvalue weighted by Gasteiger charge is 2.56. The molecule has 0 radical (unpaired) electrons. The molecule has 0 bridgehead atoms. The summed E-state index contributed by atoms with van der Waals surface area (Å²) in [6.45, 7) is 20.4. The van der Waals surface area contributed by atoms with Crippen LogP contribution >= 0.6 is 0 Å². The van der Waals surface area contributed by atoms with Crippen molar-refractivity contribution in [3.05, 3.63) is 255 Å². The van der Waals surface area contributed by atoms with Crippen LogP contribution < -0.4 is 27.8 Å². The first-order valence-electron chi connectivity index (χ1n) is 30.4. The average Bonchev–Trinajstić information content (AvgIpc) is 1.65. The fraction of sp³-hybridized carbons (Fsp3) is 0.306. The van der Waals surface area contributed by atoms with E-state index in [-0.39, 0.29) is 73.6 Å². The molecule has 4 heterocycles. The fourth-order valence-electron chi connectivity index (χ4n) is 10.9. The minimum absolute atomic E-state index is 0.00587. The molecule has 8 aromatic rings. The van der Waals surface area contributed by atoms with Gasteiger partial charge in [-0.15, -0.1) is 0 Å². The summed E-state index contributed by atoms with van der Waals surface area (Å²) < 4.78 is 82.3. The molecule has 0 unspecified atom stereocenters. The lowest BCUT2D eigenvalue weighted by Crippen LogP contribution is -2.64. The highest BCUT2D eigenvalue weighted by Crippen LogP contribution is 2.56. The maximum Gasteiger partial charge on any atom is 0.339 e. The number of rotatable bonds is 17. The van der Waals surface area contributed by atoms with Gasteiger partial charge in [0.2, 0.25) is 11.5 Å². The van der Waals surface area contributed by atoms with Crippen LogP contribution in [0.3, 0.4) is 0 Å². The molecule has 12 rings (SSSR count). The van der Waals surface area contributed by atoms with E-state index < -0.39 is 88.7 Å².